The van der Waals surface area contributed by atoms with Crippen LogP contribution in [-0.2, 0) is 4.79 Å². The summed E-state index contributed by atoms with van der Waals surface area (Å²) in [5.74, 6) is 0. The summed E-state index contributed by atoms with van der Waals surface area (Å²) in [6.07, 6.45) is -3.48. The number of hydrogen-bond donors (Lipinski definition) is 0. The standard InChI is InChI=1S/C9H8F4O/c1-8(10)4-6(9(11,12)13)2-3-7(8)5-14/h2-3,5H,4H2,1H3. The van der Waals surface area contributed by atoms with Crippen LogP contribution >= 0.6 is 0 Å². The third-order valence-electron chi connectivity index (χ3n) is 2.08. The number of alkyl halides is 4. The molecule has 0 fully saturated rings. The van der Waals surface area contributed by atoms with E-state index in [1.54, 1.807) is 0 Å². The van der Waals surface area contributed by atoms with Gasteiger partial charge in [0, 0.05) is 17.6 Å². The minimum atomic E-state index is -4.53. The van der Waals surface area contributed by atoms with Crippen molar-refractivity contribution in [2.24, 2.45) is 0 Å². The molecule has 1 unspecified atom stereocenters. The van der Waals surface area contributed by atoms with Crippen molar-refractivity contribution >= 4 is 6.29 Å². The second-order valence-electron chi connectivity index (χ2n) is 3.30. The van der Waals surface area contributed by atoms with Gasteiger partial charge in [-0.1, -0.05) is 12.2 Å². The molecule has 78 valence electrons. The summed E-state index contributed by atoms with van der Waals surface area (Å²) in [5, 5.41) is 0. The number of halogens is 4. The van der Waals surface area contributed by atoms with Gasteiger partial charge in [0.1, 0.15) is 12.0 Å². The van der Waals surface area contributed by atoms with Gasteiger partial charge in [-0.3, -0.25) is 4.79 Å². The summed E-state index contributed by atoms with van der Waals surface area (Å²) in [4.78, 5) is 10.3. The average Bonchev–Trinajstić information content (AvgIpc) is 2.00. The summed E-state index contributed by atoms with van der Waals surface area (Å²) < 4.78 is 50.0. The van der Waals surface area contributed by atoms with Gasteiger partial charge in [0.25, 0.3) is 0 Å². The van der Waals surface area contributed by atoms with E-state index in [0.717, 1.165) is 19.1 Å². The highest BCUT2D eigenvalue weighted by Gasteiger charge is 2.42. The van der Waals surface area contributed by atoms with Crippen LogP contribution in [0.3, 0.4) is 0 Å². The molecule has 0 radical (unpaired) electrons. The zero-order valence-electron chi connectivity index (χ0n) is 7.36. The van der Waals surface area contributed by atoms with E-state index in [-0.39, 0.29) is 11.9 Å². The van der Waals surface area contributed by atoms with Crippen LogP contribution in [0, 0.1) is 0 Å². The SMILES string of the molecule is CC1(F)CC(C(F)(F)F)=CC=C1C=O. The number of carbonyl (C=O) groups excluding carboxylic acids is 1. The smallest absolute Gasteiger partial charge is 0.298 e. The van der Waals surface area contributed by atoms with E-state index in [0.29, 0.717) is 0 Å². The van der Waals surface area contributed by atoms with E-state index in [2.05, 4.69) is 0 Å². The number of hydrogen-bond acceptors (Lipinski definition) is 1. The molecule has 0 N–H and O–H groups in total. The van der Waals surface area contributed by atoms with Crippen molar-refractivity contribution in [3.63, 3.8) is 0 Å². The largest absolute Gasteiger partial charge is 0.412 e. The molecule has 0 aliphatic heterocycles. The van der Waals surface area contributed by atoms with Crippen LogP contribution in [0.25, 0.3) is 0 Å². The molecule has 1 nitrogen and oxygen atoms in total. The van der Waals surface area contributed by atoms with E-state index in [1.807, 2.05) is 0 Å². The molecule has 1 atom stereocenters. The Labute approximate surface area is 78.1 Å². The van der Waals surface area contributed by atoms with Crippen molar-refractivity contribution in [2.75, 3.05) is 0 Å². The molecule has 14 heavy (non-hydrogen) atoms. The second-order valence-corrected chi connectivity index (χ2v) is 3.30. The van der Waals surface area contributed by atoms with Gasteiger partial charge >= 0.3 is 6.18 Å². The molecule has 0 aromatic heterocycles. The lowest BCUT2D eigenvalue weighted by Gasteiger charge is -2.26. The molecule has 1 aliphatic rings. The zero-order chi connectivity index (χ0) is 11.0. The molecule has 0 saturated carbocycles. The highest BCUT2D eigenvalue weighted by atomic mass is 19.4. The van der Waals surface area contributed by atoms with E-state index in [1.165, 1.54) is 0 Å². The maximum Gasteiger partial charge on any atom is 0.412 e. The van der Waals surface area contributed by atoms with Crippen molar-refractivity contribution in [3.8, 4) is 0 Å². The molecule has 0 bridgehead atoms. The first-order valence-electron chi connectivity index (χ1n) is 3.90. The lowest BCUT2D eigenvalue weighted by atomic mass is 9.86. The number of allylic oxidation sites excluding steroid dienone is 4. The Bertz CT molecular complexity index is 309. The van der Waals surface area contributed by atoms with Crippen molar-refractivity contribution in [1.82, 2.24) is 0 Å². The van der Waals surface area contributed by atoms with Gasteiger partial charge in [0.15, 0.2) is 0 Å². The molecule has 0 aromatic carbocycles. The van der Waals surface area contributed by atoms with Crippen molar-refractivity contribution in [2.45, 2.75) is 25.2 Å². The Morgan fingerprint density at radius 3 is 2.36 bits per heavy atom. The molecule has 0 amide bonds. The normalized spacial score (nSPS) is 28.1. The van der Waals surface area contributed by atoms with Crippen LogP contribution in [0.5, 0.6) is 0 Å². The number of rotatable bonds is 1. The van der Waals surface area contributed by atoms with E-state index in [4.69, 9.17) is 0 Å². The maximum absolute atomic E-state index is 13.5. The Morgan fingerprint density at radius 1 is 1.43 bits per heavy atom. The van der Waals surface area contributed by atoms with Gasteiger partial charge in [-0.2, -0.15) is 13.2 Å². The van der Waals surface area contributed by atoms with Crippen LogP contribution in [0.15, 0.2) is 23.3 Å². The third-order valence-corrected chi connectivity index (χ3v) is 2.08. The van der Waals surface area contributed by atoms with Gasteiger partial charge < -0.3 is 0 Å². The Balaban J connectivity index is 3.05. The predicted molar refractivity (Wildman–Crippen MR) is 42.4 cm³/mol. The van der Waals surface area contributed by atoms with Gasteiger partial charge in [-0.05, 0) is 6.92 Å². The molecule has 5 heteroatoms. The Morgan fingerprint density at radius 2 is 2.00 bits per heavy atom. The molecule has 1 rings (SSSR count). The van der Waals surface area contributed by atoms with Crippen LogP contribution < -0.4 is 0 Å². The minimum Gasteiger partial charge on any atom is -0.298 e. The highest BCUT2D eigenvalue weighted by Crippen LogP contribution is 2.39. The lowest BCUT2D eigenvalue weighted by Crippen LogP contribution is -2.29. The fourth-order valence-electron chi connectivity index (χ4n) is 1.24. The van der Waals surface area contributed by atoms with Crippen molar-refractivity contribution < 1.29 is 22.4 Å². The predicted octanol–water partition coefficient (Wildman–Crippen LogP) is 2.73. The summed E-state index contributed by atoms with van der Waals surface area (Å²) in [6.45, 7) is 0.964. The molecule has 0 aromatic rings. The first kappa shape index (κ1) is 10.9. The molecule has 1 aliphatic carbocycles. The van der Waals surface area contributed by atoms with Crippen LogP contribution in [0.2, 0.25) is 0 Å². The minimum absolute atomic E-state index is 0.240. The second kappa shape index (κ2) is 3.22. The monoisotopic (exact) mass is 208 g/mol. The first-order chi connectivity index (χ1) is 6.27. The van der Waals surface area contributed by atoms with E-state index >= 15 is 0 Å². The van der Waals surface area contributed by atoms with Crippen molar-refractivity contribution in [1.29, 1.82) is 0 Å². The number of aldehydes is 1. The van der Waals surface area contributed by atoms with E-state index < -0.39 is 23.8 Å². The van der Waals surface area contributed by atoms with Gasteiger partial charge in [0.05, 0.1) is 0 Å². The van der Waals surface area contributed by atoms with Gasteiger partial charge in [0.2, 0.25) is 0 Å². The maximum atomic E-state index is 13.5. The Hall–Kier alpha value is -1.13. The first-order valence-corrected chi connectivity index (χ1v) is 3.90. The quantitative estimate of drug-likeness (QED) is 0.478. The number of carbonyl (C=O) groups is 1. The zero-order valence-corrected chi connectivity index (χ0v) is 7.36. The summed E-state index contributed by atoms with van der Waals surface area (Å²) in [7, 11) is 0. The third kappa shape index (κ3) is 2.02. The van der Waals surface area contributed by atoms with Gasteiger partial charge in [-0.15, -0.1) is 0 Å². The molecule has 0 spiro atoms. The summed E-state index contributed by atoms with van der Waals surface area (Å²) in [6, 6.07) is 0. The van der Waals surface area contributed by atoms with Crippen LogP contribution in [0.1, 0.15) is 13.3 Å². The summed E-state index contributed by atoms with van der Waals surface area (Å²) >= 11 is 0. The summed E-state index contributed by atoms with van der Waals surface area (Å²) in [5.41, 5.74) is -3.43. The molecular formula is C9H8F4O. The van der Waals surface area contributed by atoms with Gasteiger partial charge in [-0.25, -0.2) is 4.39 Å². The fourth-order valence-corrected chi connectivity index (χ4v) is 1.24. The average molecular weight is 208 g/mol. The Kier molecular flexibility index (Phi) is 2.52. The highest BCUT2D eigenvalue weighted by molar-refractivity contribution is 5.77. The molecular weight excluding hydrogens is 200 g/mol. The lowest BCUT2D eigenvalue weighted by molar-refractivity contribution is -0.107. The topological polar surface area (TPSA) is 17.1 Å². The molecule has 0 heterocycles. The van der Waals surface area contributed by atoms with E-state index in [9.17, 15) is 22.4 Å². The fraction of sp³-hybridized carbons (Fsp3) is 0.444. The van der Waals surface area contributed by atoms with Crippen LogP contribution in [-0.4, -0.2) is 18.1 Å². The molecule has 0 saturated heterocycles. The van der Waals surface area contributed by atoms with Crippen molar-refractivity contribution in [3.05, 3.63) is 23.3 Å². The van der Waals surface area contributed by atoms with Crippen LogP contribution in [0.4, 0.5) is 17.6 Å².